The lowest BCUT2D eigenvalue weighted by Crippen LogP contribution is -2.17. The smallest absolute Gasteiger partial charge is 0.263 e. The van der Waals surface area contributed by atoms with Crippen molar-refractivity contribution >= 4 is 63.5 Å². The molecule has 1 amide bonds. The van der Waals surface area contributed by atoms with Gasteiger partial charge in [-0.05, 0) is 43.7 Å². The largest absolute Gasteiger partial charge is 0.490 e. The fourth-order valence-corrected chi connectivity index (χ4v) is 4.26. The molecule has 2 aromatic carbocycles. The molecule has 1 aliphatic heterocycles. The Kier molecular flexibility index (Phi) is 6.88. The number of ether oxygens (including phenoxy) is 2. The van der Waals surface area contributed by atoms with Crippen LogP contribution in [0.3, 0.4) is 0 Å². The molecule has 0 atom stereocenters. The van der Waals surface area contributed by atoms with E-state index in [2.05, 4.69) is 11.4 Å². The van der Waals surface area contributed by atoms with E-state index in [1.807, 2.05) is 26.0 Å². The molecule has 0 bridgehead atoms. The molecule has 0 spiro atoms. The quantitative estimate of drug-likeness (QED) is 0.352. The highest BCUT2D eigenvalue weighted by Gasteiger charge is 2.23. The molecule has 0 unspecified atom stereocenters. The Labute approximate surface area is 183 Å². The van der Waals surface area contributed by atoms with Crippen LogP contribution < -0.4 is 14.8 Å². The van der Waals surface area contributed by atoms with Crippen molar-refractivity contribution in [3.63, 3.8) is 0 Å². The second kappa shape index (κ2) is 9.18. The zero-order valence-corrected chi connectivity index (χ0v) is 18.3. The lowest BCUT2D eigenvalue weighted by atomic mass is 10.1. The van der Waals surface area contributed by atoms with E-state index in [-0.39, 0.29) is 12.5 Å². The first kappa shape index (κ1) is 21.0. The number of carbonyl (C=O) groups is 1. The Morgan fingerprint density at radius 3 is 2.57 bits per heavy atom. The highest BCUT2D eigenvalue weighted by Crippen LogP contribution is 2.36. The van der Waals surface area contributed by atoms with Crippen molar-refractivity contribution in [1.82, 2.24) is 5.32 Å². The van der Waals surface area contributed by atoms with E-state index in [1.165, 1.54) is 17.3 Å². The van der Waals surface area contributed by atoms with E-state index in [0.717, 1.165) is 11.3 Å². The van der Waals surface area contributed by atoms with Crippen LogP contribution in [0.2, 0.25) is 10.0 Å². The first-order valence-corrected chi connectivity index (χ1v) is 10.4. The third kappa shape index (κ3) is 5.20. The number of rotatable bonds is 6. The second-order valence-electron chi connectivity index (χ2n) is 6.12. The van der Waals surface area contributed by atoms with Crippen molar-refractivity contribution in [2.75, 3.05) is 13.2 Å². The molecule has 0 saturated carbocycles. The van der Waals surface area contributed by atoms with Crippen molar-refractivity contribution in [2.45, 2.75) is 13.8 Å². The van der Waals surface area contributed by atoms with Gasteiger partial charge in [0.2, 0.25) is 0 Å². The number of amides is 1. The Morgan fingerprint density at radius 1 is 1.14 bits per heavy atom. The third-order valence-electron chi connectivity index (χ3n) is 3.88. The Bertz CT molecular complexity index is 976. The summed E-state index contributed by atoms with van der Waals surface area (Å²) in [6.07, 6.45) is 1.66. The first-order chi connectivity index (χ1) is 13.3. The molecule has 0 aliphatic carbocycles. The number of nitrogens with one attached hydrogen (secondary N) is 1. The lowest BCUT2D eigenvalue weighted by molar-refractivity contribution is -0.115. The Hall–Kier alpha value is -1.73. The maximum absolute atomic E-state index is 11.9. The molecule has 4 nitrogen and oxygen atoms in total. The highest BCUT2D eigenvalue weighted by molar-refractivity contribution is 8.26. The van der Waals surface area contributed by atoms with E-state index >= 15 is 0 Å². The number of carbonyl (C=O) groups excluding carboxylic acids is 1. The van der Waals surface area contributed by atoms with E-state index in [4.69, 9.17) is 44.9 Å². The van der Waals surface area contributed by atoms with E-state index in [9.17, 15) is 4.79 Å². The molecule has 1 aliphatic rings. The number of thioether (sulfide) groups is 1. The van der Waals surface area contributed by atoms with Gasteiger partial charge in [0, 0.05) is 10.6 Å². The molecule has 146 valence electrons. The number of hydrogen-bond donors (Lipinski definition) is 1. The summed E-state index contributed by atoms with van der Waals surface area (Å²) in [6, 6.07) is 9.28. The van der Waals surface area contributed by atoms with Crippen molar-refractivity contribution in [3.8, 4) is 11.5 Å². The Morgan fingerprint density at radius 2 is 1.89 bits per heavy atom. The van der Waals surface area contributed by atoms with Gasteiger partial charge in [-0.3, -0.25) is 4.79 Å². The molecule has 1 heterocycles. The zero-order chi connectivity index (χ0) is 20.3. The van der Waals surface area contributed by atoms with E-state index < -0.39 is 0 Å². The van der Waals surface area contributed by atoms with Crippen LogP contribution in [0, 0.1) is 13.8 Å². The molecule has 0 aromatic heterocycles. The van der Waals surface area contributed by atoms with Crippen LogP contribution >= 0.6 is 47.2 Å². The van der Waals surface area contributed by atoms with Crippen LogP contribution in [-0.4, -0.2) is 23.4 Å². The first-order valence-electron chi connectivity index (χ1n) is 8.40. The monoisotopic (exact) mass is 453 g/mol. The number of benzene rings is 2. The summed E-state index contributed by atoms with van der Waals surface area (Å²) in [5.41, 5.74) is 2.85. The number of hydrogen-bond acceptors (Lipinski definition) is 5. The summed E-state index contributed by atoms with van der Waals surface area (Å²) in [4.78, 5) is 12.4. The average molecular weight is 454 g/mol. The zero-order valence-electron chi connectivity index (χ0n) is 15.2. The summed E-state index contributed by atoms with van der Waals surface area (Å²) >= 11 is 18.6. The maximum atomic E-state index is 11.9. The van der Waals surface area contributed by atoms with Crippen LogP contribution in [0.4, 0.5) is 0 Å². The van der Waals surface area contributed by atoms with Gasteiger partial charge in [-0.15, -0.1) is 0 Å². The minimum absolute atomic E-state index is 0.254. The third-order valence-corrected chi connectivity index (χ3v) is 5.55. The van der Waals surface area contributed by atoms with Crippen molar-refractivity contribution < 1.29 is 14.3 Å². The van der Waals surface area contributed by atoms with E-state index in [1.54, 1.807) is 18.2 Å². The number of thiocarbonyl (C=S) groups is 1. The van der Waals surface area contributed by atoms with Gasteiger partial charge < -0.3 is 14.8 Å². The van der Waals surface area contributed by atoms with E-state index in [0.29, 0.717) is 37.2 Å². The fraction of sp³-hybridized carbons (Fsp3) is 0.200. The highest BCUT2D eigenvalue weighted by atomic mass is 35.5. The fourth-order valence-electron chi connectivity index (χ4n) is 2.66. The summed E-state index contributed by atoms with van der Waals surface area (Å²) in [5.74, 6) is 0.996. The summed E-state index contributed by atoms with van der Waals surface area (Å²) in [6.45, 7) is 4.66. The molecule has 2 aromatic rings. The summed E-state index contributed by atoms with van der Waals surface area (Å²) in [7, 11) is 0. The van der Waals surface area contributed by atoms with Crippen LogP contribution in [-0.2, 0) is 4.79 Å². The molecular formula is C20H17Cl2NO3S2. The molecule has 1 saturated heterocycles. The van der Waals surface area contributed by atoms with Crippen molar-refractivity contribution in [3.05, 3.63) is 62.0 Å². The van der Waals surface area contributed by atoms with Crippen molar-refractivity contribution in [1.29, 1.82) is 0 Å². The topological polar surface area (TPSA) is 47.6 Å². The number of aryl methyl sites for hydroxylation is 2. The predicted octanol–water partition coefficient (Wildman–Crippen LogP) is 5.56. The summed E-state index contributed by atoms with van der Waals surface area (Å²) < 4.78 is 12.0. The molecular weight excluding hydrogens is 437 g/mol. The van der Waals surface area contributed by atoms with Gasteiger partial charge in [-0.2, -0.15) is 0 Å². The molecule has 3 rings (SSSR count). The van der Waals surface area contributed by atoms with Gasteiger partial charge in [0.25, 0.3) is 5.91 Å². The molecule has 1 N–H and O–H groups in total. The van der Waals surface area contributed by atoms with Gasteiger partial charge >= 0.3 is 0 Å². The van der Waals surface area contributed by atoms with Gasteiger partial charge in [-0.1, -0.05) is 64.9 Å². The van der Waals surface area contributed by atoms with Crippen LogP contribution in [0.5, 0.6) is 11.5 Å². The summed E-state index contributed by atoms with van der Waals surface area (Å²) in [5, 5.41) is 3.38. The normalized spacial score (nSPS) is 15.1. The SMILES string of the molecule is Cc1ccc(OCCOc2c(Cl)cc(Cl)cc2/C=C2/SC(=S)NC2=O)c(C)c1. The molecule has 8 heteroatoms. The van der Waals surface area contributed by atoms with Gasteiger partial charge in [-0.25, -0.2) is 0 Å². The average Bonchev–Trinajstić information content (AvgIpc) is 2.92. The standard InChI is InChI=1S/C20H17Cl2NO3S2/c1-11-3-4-16(12(2)7-11)25-5-6-26-18-13(8-14(21)10-15(18)22)9-17-19(24)23-20(27)28-17/h3-4,7-10H,5-6H2,1-2H3,(H,23,24,27)/b17-9+. The Balaban J connectivity index is 1.72. The van der Waals surface area contributed by atoms with Gasteiger partial charge in [0.05, 0.1) is 9.93 Å². The maximum Gasteiger partial charge on any atom is 0.263 e. The van der Waals surface area contributed by atoms with Gasteiger partial charge in [0.1, 0.15) is 29.0 Å². The van der Waals surface area contributed by atoms with Crippen molar-refractivity contribution in [2.24, 2.45) is 0 Å². The van der Waals surface area contributed by atoms with Crippen LogP contribution in [0.1, 0.15) is 16.7 Å². The molecule has 1 fully saturated rings. The second-order valence-corrected chi connectivity index (χ2v) is 8.69. The number of halogens is 2. The lowest BCUT2D eigenvalue weighted by Gasteiger charge is -2.14. The minimum atomic E-state index is -0.254. The molecule has 28 heavy (non-hydrogen) atoms. The van der Waals surface area contributed by atoms with Crippen LogP contribution in [0.25, 0.3) is 6.08 Å². The predicted molar refractivity (Wildman–Crippen MR) is 120 cm³/mol. The van der Waals surface area contributed by atoms with Crippen LogP contribution in [0.15, 0.2) is 35.2 Å². The minimum Gasteiger partial charge on any atom is -0.490 e. The molecule has 0 radical (unpaired) electrons. The van der Waals surface area contributed by atoms with Gasteiger partial charge in [0.15, 0.2) is 0 Å².